The van der Waals surface area contributed by atoms with Crippen LogP contribution in [0.25, 0.3) is 11.3 Å². The number of nitrogens with zero attached hydrogens (tertiary/aromatic N) is 2. The summed E-state index contributed by atoms with van der Waals surface area (Å²) in [5, 5.41) is 8.05. The van der Waals surface area contributed by atoms with Crippen LogP contribution in [0.3, 0.4) is 0 Å². The molecule has 0 aliphatic heterocycles. The third kappa shape index (κ3) is 4.07. The lowest BCUT2D eigenvalue weighted by atomic mass is 10.1. The zero-order chi connectivity index (χ0) is 16.2. The van der Waals surface area contributed by atoms with Crippen molar-refractivity contribution in [2.24, 2.45) is 0 Å². The van der Waals surface area contributed by atoms with E-state index in [9.17, 15) is 8.78 Å². The second-order valence-electron chi connectivity index (χ2n) is 5.31. The van der Waals surface area contributed by atoms with Gasteiger partial charge in [-0.2, -0.15) is 8.78 Å². The lowest BCUT2D eigenvalue weighted by molar-refractivity contribution is -0.0520. The highest BCUT2D eigenvalue weighted by molar-refractivity contribution is 6.29. The summed E-state index contributed by atoms with van der Waals surface area (Å²) in [6.07, 6.45) is 4.02. The number of hydrogen-bond acceptors (Lipinski definition) is 4. The van der Waals surface area contributed by atoms with E-state index in [4.69, 9.17) is 16.3 Å². The lowest BCUT2D eigenvalue weighted by Gasteiger charge is -2.17. The summed E-state index contributed by atoms with van der Waals surface area (Å²) in [5.41, 5.74) is 1.28. The molecule has 2 aromatic rings. The van der Waals surface area contributed by atoms with Gasteiger partial charge in [-0.15, -0.1) is 10.2 Å². The molecular weight excluding hydrogens is 326 g/mol. The SMILES string of the molecule is FC(F)Oc1ccc(-c2ccc(Cl)nn2)cc1OC1CCCC1. The summed E-state index contributed by atoms with van der Waals surface area (Å²) < 4.78 is 35.5. The molecule has 0 radical (unpaired) electrons. The molecular formula is C16H15ClF2N2O2. The van der Waals surface area contributed by atoms with E-state index in [1.54, 1.807) is 24.3 Å². The zero-order valence-electron chi connectivity index (χ0n) is 12.2. The Labute approximate surface area is 137 Å². The molecule has 0 unspecified atom stereocenters. The van der Waals surface area contributed by atoms with Crippen LogP contribution in [-0.4, -0.2) is 22.9 Å². The molecule has 122 valence electrons. The van der Waals surface area contributed by atoms with Crippen LogP contribution in [0.1, 0.15) is 25.7 Å². The van der Waals surface area contributed by atoms with Crippen LogP contribution in [0.4, 0.5) is 8.78 Å². The number of aromatic nitrogens is 2. The second kappa shape index (κ2) is 7.08. The monoisotopic (exact) mass is 340 g/mol. The fourth-order valence-electron chi connectivity index (χ4n) is 2.61. The van der Waals surface area contributed by atoms with Crippen molar-refractivity contribution in [3.8, 4) is 22.8 Å². The van der Waals surface area contributed by atoms with Crippen molar-refractivity contribution in [1.82, 2.24) is 10.2 Å². The normalized spacial score (nSPS) is 15.1. The first-order chi connectivity index (χ1) is 11.1. The van der Waals surface area contributed by atoms with Crippen LogP contribution in [-0.2, 0) is 0 Å². The maximum absolute atomic E-state index is 12.6. The average Bonchev–Trinajstić information content (AvgIpc) is 3.02. The van der Waals surface area contributed by atoms with Gasteiger partial charge >= 0.3 is 6.61 Å². The largest absolute Gasteiger partial charge is 0.487 e. The Morgan fingerprint density at radius 2 is 1.83 bits per heavy atom. The molecule has 7 heteroatoms. The van der Waals surface area contributed by atoms with Crippen LogP contribution in [0.5, 0.6) is 11.5 Å². The Kier molecular flexibility index (Phi) is 4.91. The maximum atomic E-state index is 12.6. The highest BCUT2D eigenvalue weighted by atomic mass is 35.5. The van der Waals surface area contributed by atoms with Crippen LogP contribution in [0.15, 0.2) is 30.3 Å². The smallest absolute Gasteiger partial charge is 0.387 e. The van der Waals surface area contributed by atoms with E-state index >= 15 is 0 Å². The average molecular weight is 341 g/mol. The molecule has 0 atom stereocenters. The van der Waals surface area contributed by atoms with E-state index in [2.05, 4.69) is 14.9 Å². The number of hydrogen-bond donors (Lipinski definition) is 0. The molecule has 4 nitrogen and oxygen atoms in total. The molecule has 0 saturated heterocycles. The molecule has 1 aromatic heterocycles. The summed E-state index contributed by atoms with van der Waals surface area (Å²) in [5.74, 6) is 0.323. The van der Waals surface area contributed by atoms with E-state index in [1.165, 1.54) is 6.07 Å². The van der Waals surface area contributed by atoms with Gasteiger partial charge in [0, 0.05) is 5.56 Å². The molecule has 0 N–H and O–H groups in total. The topological polar surface area (TPSA) is 44.2 Å². The molecule has 1 fully saturated rings. The van der Waals surface area contributed by atoms with Crippen molar-refractivity contribution in [2.75, 3.05) is 0 Å². The second-order valence-corrected chi connectivity index (χ2v) is 5.69. The highest BCUT2D eigenvalue weighted by Gasteiger charge is 2.20. The van der Waals surface area contributed by atoms with Crippen molar-refractivity contribution in [3.05, 3.63) is 35.5 Å². The number of halogens is 3. The van der Waals surface area contributed by atoms with Gasteiger partial charge in [-0.25, -0.2) is 0 Å². The highest BCUT2D eigenvalue weighted by Crippen LogP contribution is 2.36. The molecule has 1 aliphatic carbocycles. The summed E-state index contributed by atoms with van der Waals surface area (Å²) in [4.78, 5) is 0. The van der Waals surface area contributed by atoms with Crippen molar-refractivity contribution >= 4 is 11.6 Å². The molecule has 0 bridgehead atoms. The van der Waals surface area contributed by atoms with Gasteiger partial charge in [0.2, 0.25) is 0 Å². The third-order valence-corrected chi connectivity index (χ3v) is 3.88. The van der Waals surface area contributed by atoms with Gasteiger partial charge in [-0.05, 0) is 56.0 Å². The molecule has 3 rings (SSSR count). The predicted octanol–water partition coefficient (Wildman–Crippen LogP) is 4.72. The maximum Gasteiger partial charge on any atom is 0.387 e. The van der Waals surface area contributed by atoms with Crippen molar-refractivity contribution < 1.29 is 18.3 Å². The van der Waals surface area contributed by atoms with E-state index in [0.29, 0.717) is 17.0 Å². The Balaban J connectivity index is 1.90. The standard InChI is InChI=1S/C16H15ClF2N2O2/c17-15-8-6-12(20-21-15)10-5-7-13(23-16(18)19)14(9-10)22-11-3-1-2-4-11/h5-9,11,16H,1-4H2. The summed E-state index contributed by atoms with van der Waals surface area (Å²) in [7, 11) is 0. The van der Waals surface area contributed by atoms with E-state index < -0.39 is 6.61 Å². The van der Waals surface area contributed by atoms with Crippen molar-refractivity contribution in [2.45, 2.75) is 38.4 Å². The molecule has 0 amide bonds. The summed E-state index contributed by atoms with van der Waals surface area (Å²) in [6, 6.07) is 8.07. The minimum Gasteiger partial charge on any atom is -0.487 e. The van der Waals surface area contributed by atoms with Gasteiger partial charge in [0.1, 0.15) is 0 Å². The van der Waals surface area contributed by atoms with E-state index in [0.717, 1.165) is 25.7 Å². The first-order valence-corrected chi connectivity index (χ1v) is 7.75. The molecule has 1 saturated carbocycles. The summed E-state index contributed by atoms with van der Waals surface area (Å²) in [6.45, 7) is -2.90. The third-order valence-electron chi connectivity index (χ3n) is 3.68. The van der Waals surface area contributed by atoms with Gasteiger partial charge < -0.3 is 9.47 Å². The number of benzene rings is 1. The Morgan fingerprint density at radius 1 is 1.04 bits per heavy atom. The molecule has 1 heterocycles. The zero-order valence-corrected chi connectivity index (χ0v) is 13.0. The first-order valence-electron chi connectivity index (χ1n) is 7.37. The van der Waals surface area contributed by atoms with Gasteiger partial charge in [0.15, 0.2) is 16.7 Å². The van der Waals surface area contributed by atoms with Gasteiger partial charge in [-0.3, -0.25) is 0 Å². The number of alkyl halides is 2. The summed E-state index contributed by atoms with van der Waals surface area (Å²) >= 11 is 5.72. The molecule has 23 heavy (non-hydrogen) atoms. The molecule has 1 aromatic carbocycles. The quantitative estimate of drug-likeness (QED) is 0.790. The van der Waals surface area contributed by atoms with Gasteiger partial charge in [0.25, 0.3) is 0 Å². The van der Waals surface area contributed by atoms with Gasteiger partial charge in [-0.1, -0.05) is 11.6 Å². The minimum absolute atomic E-state index is 0.0255. The van der Waals surface area contributed by atoms with Gasteiger partial charge in [0.05, 0.1) is 11.8 Å². The fraction of sp³-hybridized carbons (Fsp3) is 0.375. The van der Waals surface area contributed by atoms with Crippen LogP contribution in [0.2, 0.25) is 5.15 Å². The van der Waals surface area contributed by atoms with Crippen molar-refractivity contribution in [3.63, 3.8) is 0 Å². The number of ether oxygens (including phenoxy) is 2. The van der Waals surface area contributed by atoms with Crippen LogP contribution >= 0.6 is 11.6 Å². The first kappa shape index (κ1) is 15.9. The van der Waals surface area contributed by atoms with Crippen molar-refractivity contribution in [1.29, 1.82) is 0 Å². The van der Waals surface area contributed by atoms with Crippen LogP contribution in [0, 0.1) is 0 Å². The molecule has 0 spiro atoms. The van der Waals surface area contributed by atoms with E-state index in [-0.39, 0.29) is 17.0 Å². The molecule has 1 aliphatic rings. The Morgan fingerprint density at radius 3 is 2.48 bits per heavy atom. The predicted molar refractivity (Wildman–Crippen MR) is 82.0 cm³/mol. The van der Waals surface area contributed by atoms with E-state index in [1.807, 2.05) is 0 Å². The Bertz CT molecular complexity index is 662. The van der Waals surface area contributed by atoms with Crippen LogP contribution < -0.4 is 9.47 Å². The fourth-order valence-corrected chi connectivity index (χ4v) is 2.71. The Hall–Kier alpha value is -1.95. The lowest BCUT2D eigenvalue weighted by Crippen LogP contribution is -2.13. The number of rotatable bonds is 5. The minimum atomic E-state index is -2.90.